The largest absolute Gasteiger partial charge is 0.481 e. The van der Waals surface area contributed by atoms with E-state index in [1.54, 1.807) is 0 Å². The van der Waals surface area contributed by atoms with Crippen molar-refractivity contribution in [2.24, 2.45) is 12.2 Å². The first-order valence-corrected chi connectivity index (χ1v) is 7.65. The second-order valence-corrected chi connectivity index (χ2v) is 5.86. The zero-order valence-corrected chi connectivity index (χ0v) is 12.7. The first-order valence-electron chi connectivity index (χ1n) is 7.65. The van der Waals surface area contributed by atoms with Gasteiger partial charge in [-0.25, -0.2) is 0 Å². The maximum absolute atomic E-state index is 10.7. The quantitative estimate of drug-likeness (QED) is 0.517. The van der Waals surface area contributed by atoms with E-state index in [1.165, 1.54) is 29.5 Å². The summed E-state index contributed by atoms with van der Waals surface area (Å²) in [5, 5.41) is 22.5. The van der Waals surface area contributed by atoms with Crippen molar-refractivity contribution >= 4 is 22.6 Å². The molecule has 0 spiro atoms. The van der Waals surface area contributed by atoms with Crippen LogP contribution in [0.2, 0.25) is 0 Å². The van der Waals surface area contributed by atoms with Gasteiger partial charge in [0, 0.05) is 35.6 Å². The van der Waals surface area contributed by atoms with E-state index < -0.39 is 5.97 Å². The Balaban J connectivity index is 2.02. The summed E-state index contributed by atoms with van der Waals surface area (Å²) in [7, 11) is 2.07. The summed E-state index contributed by atoms with van der Waals surface area (Å²) in [5.74, 6) is -0.892. The molecule has 1 aliphatic rings. The van der Waals surface area contributed by atoms with Gasteiger partial charge in [-0.15, -0.1) is 0 Å². The number of aliphatic carboxylic acids is 1. The van der Waals surface area contributed by atoms with Crippen molar-refractivity contribution in [2.45, 2.75) is 38.5 Å². The molecule has 3 rings (SSSR count). The minimum absolute atomic E-state index is 0.0406. The summed E-state index contributed by atoms with van der Waals surface area (Å²) in [4.78, 5) is 10.7. The number of hydrogen-bond donors (Lipinski definition) is 2. The molecule has 0 radical (unpaired) electrons. The van der Waals surface area contributed by atoms with Crippen molar-refractivity contribution in [3.05, 3.63) is 35.0 Å². The van der Waals surface area contributed by atoms with E-state index >= 15 is 0 Å². The number of aromatic nitrogens is 1. The highest BCUT2D eigenvalue weighted by atomic mass is 16.4. The molecular formula is C17H20N2O3. The third kappa shape index (κ3) is 2.47. The average Bonchev–Trinajstić information content (AvgIpc) is 2.81. The standard InChI is InChI=1S/C17H20N2O3/c1-19-15-5-3-2-4-12(15)13-7-6-11(10-16(13)19)14(18-22)8-9-17(20)21/h6-7,10,22H,2-5,8-9H2,1H3,(H,20,21). The van der Waals surface area contributed by atoms with Crippen LogP contribution < -0.4 is 0 Å². The van der Waals surface area contributed by atoms with Crippen molar-refractivity contribution in [1.82, 2.24) is 4.57 Å². The molecule has 1 aromatic carbocycles. The number of rotatable bonds is 4. The van der Waals surface area contributed by atoms with Gasteiger partial charge in [0.2, 0.25) is 0 Å². The van der Waals surface area contributed by atoms with Crippen LogP contribution >= 0.6 is 0 Å². The van der Waals surface area contributed by atoms with Crippen LogP contribution in [-0.2, 0) is 24.7 Å². The molecule has 1 heterocycles. The molecule has 0 aliphatic heterocycles. The summed E-state index contributed by atoms with van der Waals surface area (Å²) in [6.45, 7) is 0. The molecule has 0 saturated carbocycles. The van der Waals surface area contributed by atoms with Crippen molar-refractivity contribution in [3.8, 4) is 0 Å². The Morgan fingerprint density at radius 3 is 2.77 bits per heavy atom. The van der Waals surface area contributed by atoms with Crippen LogP contribution in [-0.4, -0.2) is 26.6 Å². The Bertz CT molecular complexity index is 759. The summed E-state index contributed by atoms with van der Waals surface area (Å²) < 4.78 is 2.22. The number of benzene rings is 1. The van der Waals surface area contributed by atoms with Crippen LogP contribution in [0.4, 0.5) is 0 Å². The fraction of sp³-hybridized carbons (Fsp3) is 0.412. The predicted molar refractivity (Wildman–Crippen MR) is 84.8 cm³/mol. The number of carboxylic acids is 1. The van der Waals surface area contributed by atoms with Crippen LogP contribution in [0.25, 0.3) is 10.9 Å². The summed E-state index contributed by atoms with van der Waals surface area (Å²) in [6.07, 6.45) is 4.87. The maximum atomic E-state index is 10.7. The minimum Gasteiger partial charge on any atom is -0.481 e. The lowest BCUT2D eigenvalue weighted by atomic mass is 9.95. The highest BCUT2D eigenvalue weighted by molar-refractivity contribution is 6.04. The van der Waals surface area contributed by atoms with E-state index in [0.717, 1.165) is 23.9 Å². The van der Waals surface area contributed by atoms with Crippen molar-refractivity contribution in [1.29, 1.82) is 0 Å². The van der Waals surface area contributed by atoms with E-state index in [9.17, 15) is 10.0 Å². The Morgan fingerprint density at radius 1 is 1.27 bits per heavy atom. The number of fused-ring (bicyclic) bond motifs is 3. The second-order valence-electron chi connectivity index (χ2n) is 5.86. The van der Waals surface area contributed by atoms with Crippen LogP contribution in [0, 0.1) is 0 Å². The Hall–Kier alpha value is -2.30. The number of nitrogens with zero attached hydrogens (tertiary/aromatic N) is 2. The molecule has 0 unspecified atom stereocenters. The summed E-state index contributed by atoms with van der Waals surface area (Å²) >= 11 is 0. The Labute approximate surface area is 128 Å². The van der Waals surface area contributed by atoms with Gasteiger partial charge < -0.3 is 14.9 Å². The van der Waals surface area contributed by atoms with Gasteiger partial charge in [-0.1, -0.05) is 17.3 Å². The van der Waals surface area contributed by atoms with E-state index in [1.807, 2.05) is 12.1 Å². The normalized spacial score (nSPS) is 15.0. The van der Waals surface area contributed by atoms with E-state index in [-0.39, 0.29) is 12.8 Å². The van der Waals surface area contributed by atoms with Crippen LogP contribution in [0.15, 0.2) is 23.4 Å². The molecule has 2 N–H and O–H groups in total. The molecule has 5 heteroatoms. The third-order valence-electron chi connectivity index (χ3n) is 4.56. The maximum Gasteiger partial charge on any atom is 0.303 e. The number of carbonyl (C=O) groups is 1. The molecule has 0 saturated heterocycles. The average molecular weight is 300 g/mol. The molecule has 2 aromatic rings. The highest BCUT2D eigenvalue weighted by Gasteiger charge is 2.19. The van der Waals surface area contributed by atoms with E-state index in [0.29, 0.717) is 5.71 Å². The minimum atomic E-state index is -0.892. The monoisotopic (exact) mass is 300 g/mol. The first-order chi connectivity index (χ1) is 10.6. The second kappa shape index (κ2) is 5.83. The molecule has 0 atom stereocenters. The Morgan fingerprint density at radius 2 is 2.05 bits per heavy atom. The van der Waals surface area contributed by atoms with Crippen LogP contribution in [0.5, 0.6) is 0 Å². The van der Waals surface area contributed by atoms with Crippen LogP contribution in [0.3, 0.4) is 0 Å². The number of hydrogen-bond acceptors (Lipinski definition) is 3. The molecule has 5 nitrogen and oxygen atoms in total. The van der Waals surface area contributed by atoms with E-state index in [4.69, 9.17) is 5.11 Å². The lowest BCUT2D eigenvalue weighted by Crippen LogP contribution is -2.06. The van der Waals surface area contributed by atoms with Gasteiger partial charge >= 0.3 is 5.97 Å². The molecule has 0 amide bonds. The molecule has 116 valence electrons. The molecule has 0 bridgehead atoms. The molecule has 1 aliphatic carbocycles. The smallest absolute Gasteiger partial charge is 0.303 e. The highest BCUT2D eigenvalue weighted by Crippen LogP contribution is 2.32. The zero-order chi connectivity index (χ0) is 15.7. The molecule has 0 fully saturated rings. The van der Waals surface area contributed by atoms with Gasteiger partial charge in [-0.2, -0.15) is 0 Å². The Kier molecular flexibility index (Phi) is 3.88. The number of aryl methyl sites for hydroxylation is 2. The SMILES string of the molecule is Cn1c2c(c3ccc(C(CCC(=O)O)=NO)cc31)CCCC2. The fourth-order valence-corrected chi connectivity index (χ4v) is 3.42. The predicted octanol–water partition coefficient (Wildman–Crippen LogP) is 3.10. The van der Waals surface area contributed by atoms with Crippen molar-refractivity contribution in [2.75, 3.05) is 0 Å². The zero-order valence-electron chi connectivity index (χ0n) is 12.7. The lowest BCUT2D eigenvalue weighted by molar-refractivity contribution is -0.136. The molecule has 22 heavy (non-hydrogen) atoms. The summed E-state index contributed by atoms with van der Waals surface area (Å²) in [5.41, 5.74) is 5.16. The van der Waals surface area contributed by atoms with Crippen molar-refractivity contribution < 1.29 is 15.1 Å². The third-order valence-corrected chi connectivity index (χ3v) is 4.56. The van der Waals surface area contributed by atoms with Gasteiger partial charge in [0.25, 0.3) is 0 Å². The van der Waals surface area contributed by atoms with Gasteiger partial charge in [-0.3, -0.25) is 4.79 Å². The fourth-order valence-electron chi connectivity index (χ4n) is 3.42. The van der Waals surface area contributed by atoms with E-state index in [2.05, 4.69) is 22.8 Å². The summed E-state index contributed by atoms with van der Waals surface area (Å²) in [6, 6.07) is 6.00. The van der Waals surface area contributed by atoms with Gasteiger partial charge in [0.1, 0.15) is 0 Å². The topological polar surface area (TPSA) is 74.8 Å². The van der Waals surface area contributed by atoms with Gasteiger partial charge in [-0.05, 0) is 37.3 Å². The number of carboxylic acid groups (broad SMARTS) is 1. The lowest BCUT2D eigenvalue weighted by Gasteiger charge is -2.12. The van der Waals surface area contributed by atoms with Crippen molar-refractivity contribution in [3.63, 3.8) is 0 Å². The van der Waals surface area contributed by atoms with Gasteiger partial charge in [0.15, 0.2) is 0 Å². The van der Waals surface area contributed by atoms with Crippen LogP contribution in [0.1, 0.15) is 42.5 Å². The molecular weight excluding hydrogens is 280 g/mol. The number of oxime groups is 1. The first kappa shape index (κ1) is 14.6. The van der Waals surface area contributed by atoms with Gasteiger partial charge in [0.05, 0.1) is 12.1 Å². The molecule has 1 aromatic heterocycles.